The van der Waals surface area contributed by atoms with Crippen molar-refractivity contribution in [2.75, 3.05) is 26.2 Å². The lowest BCUT2D eigenvalue weighted by atomic mass is 9.88. The molecule has 0 radical (unpaired) electrons. The molecule has 0 aromatic heterocycles. The molecule has 2 aliphatic rings. The second-order valence-corrected chi connectivity index (χ2v) is 11.0. The highest BCUT2D eigenvalue weighted by Gasteiger charge is 2.40. The lowest BCUT2D eigenvalue weighted by molar-refractivity contribution is 0.0601. The molecule has 1 aliphatic carbocycles. The lowest BCUT2D eigenvalue weighted by Crippen LogP contribution is -2.48. The monoisotopic (exact) mass is 524 g/mol. The van der Waals surface area contributed by atoms with Crippen LogP contribution in [0.1, 0.15) is 60.0 Å². The van der Waals surface area contributed by atoms with Crippen molar-refractivity contribution in [3.8, 4) is 0 Å². The van der Waals surface area contributed by atoms with Crippen molar-refractivity contribution >= 4 is 11.9 Å². The second-order valence-electron chi connectivity index (χ2n) is 11.0. The van der Waals surface area contributed by atoms with Gasteiger partial charge in [0, 0.05) is 43.7 Å². The molecule has 5 heteroatoms. The van der Waals surface area contributed by atoms with Crippen LogP contribution in [0.4, 0.5) is 4.79 Å². The summed E-state index contributed by atoms with van der Waals surface area (Å²) in [6, 6.07) is 30.5. The molecule has 5 nitrogen and oxygen atoms in total. The van der Waals surface area contributed by atoms with Gasteiger partial charge < -0.3 is 14.5 Å². The van der Waals surface area contributed by atoms with E-state index in [1.54, 1.807) is 0 Å². The van der Waals surface area contributed by atoms with Crippen LogP contribution < -0.4 is 0 Å². The molecule has 0 bridgehead atoms. The zero-order valence-corrected chi connectivity index (χ0v) is 23.0. The number of ether oxygens (including phenoxy) is 1. The normalized spacial score (nSPS) is 21.9. The molecule has 5 rings (SSSR count). The number of piperidine rings is 1. The van der Waals surface area contributed by atoms with Crippen LogP contribution in [0.2, 0.25) is 0 Å². The summed E-state index contributed by atoms with van der Waals surface area (Å²) in [4.78, 5) is 30.7. The Morgan fingerprint density at radius 3 is 2.10 bits per heavy atom. The van der Waals surface area contributed by atoms with E-state index in [1.807, 2.05) is 72.5 Å². The standard InChI is InChI=1S/C34H40N2O3/c1-2-36(34(38)39-25-26-12-6-3-7-13-26)31-18-20-35(21-19-31)24-30-22-29(33(37)28-16-10-5-11-17-28)23-32(30)27-14-8-4-9-15-27/h3-17,29-32H,2,18-25H2,1H3/t29?,30-,32-/m1/s1. The molecule has 1 saturated heterocycles. The molecule has 0 spiro atoms. The van der Waals surface area contributed by atoms with E-state index in [1.165, 1.54) is 5.56 Å². The average molecular weight is 525 g/mol. The van der Waals surface area contributed by atoms with Crippen LogP contribution in [0.5, 0.6) is 0 Å². The van der Waals surface area contributed by atoms with Gasteiger partial charge in [-0.05, 0) is 55.6 Å². The molecule has 1 amide bonds. The molecular formula is C34H40N2O3. The minimum Gasteiger partial charge on any atom is -0.445 e. The summed E-state index contributed by atoms with van der Waals surface area (Å²) in [5, 5.41) is 0. The van der Waals surface area contributed by atoms with Gasteiger partial charge in [0.15, 0.2) is 5.78 Å². The Balaban J connectivity index is 1.18. The number of rotatable bonds is 9. The predicted octanol–water partition coefficient (Wildman–Crippen LogP) is 6.80. The van der Waals surface area contributed by atoms with Gasteiger partial charge in [0.25, 0.3) is 0 Å². The molecule has 2 fully saturated rings. The minimum absolute atomic E-state index is 0.0649. The Bertz CT molecular complexity index is 1190. The van der Waals surface area contributed by atoms with Crippen molar-refractivity contribution in [1.82, 2.24) is 9.80 Å². The topological polar surface area (TPSA) is 49.9 Å². The van der Waals surface area contributed by atoms with Gasteiger partial charge in [-0.25, -0.2) is 4.79 Å². The van der Waals surface area contributed by atoms with Crippen LogP contribution in [0.15, 0.2) is 91.0 Å². The second kappa shape index (κ2) is 13.1. The highest BCUT2D eigenvalue weighted by molar-refractivity contribution is 5.98. The fourth-order valence-corrected chi connectivity index (χ4v) is 6.57. The molecule has 1 unspecified atom stereocenters. The van der Waals surface area contributed by atoms with Gasteiger partial charge in [0.05, 0.1) is 0 Å². The Morgan fingerprint density at radius 2 is 1.46 bits per heavy atom. The summed E-state index contributed by atoms with van der Waals surface area (Å²) in [5.41, 5.74) is 3.18. The quantitative estimate of drug-likeness (QED) is 0.289. The Hall–Kier alpha value is -3.44. The molecule has 3 aromatic rings. The molecule has 1 saturated carbocycles. The number of hydrogen-bond acceptors (Lipinski definition) is 4. The third-order valence-electron chi connectivity index (χ3n) is 8.62. The number of nitrogens with zero attached hydrogens (tertiary/aromatic N) is 2. The Labute approximate surface area is 232 Å². The number of amides is 1. The summed E-state index contributed by atoms with van der Waals surface area (Å²) in [5.74, 6) is 1.18. The van der Waals surface area contributed by atoms with Gasteiger partial charge in [0.2, 0.25) is 0 Å². The first-order valence-corrected chi connectivity index (χ1v) is 14.5. The number of Topliss-reactive ketones (excluding diaryl/α,β-unsaturated/α-hetero) is 1. The first kappa shape index (κ1) is 27.1. The molecule has 3 atom stereocenters. The third-order valence-corrected chi connectivity index (χ3v) is 8.62. The number of hydrogen-bond donors (Lipinski definition) is 0. The van der Waals surface area contributed by atoms with Gasteiger partial charge in [-0.3, -0.25) is 4.79 Å². The van der Waals surface area contributed by atoms with Crippen molar-refractivity contribution in [2.45, 2.75) is 51.2 Å². The number of carbonyl (C=O) groups excluding carboxylic acids is 2. The summed E-state index contributed by atoms with van der Waals surface area (Å²) in [6.07, 6.45) is 3.52. The minimum atomic E-state index is -0.220. The van der Waals surface area contributed by atoms with Crippen molar-refractivity contribution in [3.63, 3.8) is 0 Å². The first-order chi connectivity index (χ1) is 19.1. The van der Waals surface area contributed by atoms with Crippen molar-refractivity contribution in [2.24, 2.45) is 11.8 Å². The fraction of sp³-hybridized carbons (Fsp3) is 0.412. The van der Waals surface area contributed by atoms with Gasteiger partial charge in [-0.15, -0.1) is 0 Å². The number of carbonyl (C=O) groups is 2. The third kappa shape index (κ3) is 6.77. The molecule has 3 aromatic carbocycles. The summed E-state index contributed by atoms with van der Waals surface area (Å²) in [6.45, 7) is 5.91. The van der Waals surface area contributed by atoms with Gasteiger partial charge in [0.1, 0.15) is 6.61 Å². The maximum absolute atomic E-state index is 13.4. The van der Waals surface area contributed by atoms with E-state index in [0.717, 1.165) is 56.4 Å². The van der Waals surface area contributed by atoms with Crippen molar-refractivity contribution in [3.05, 3.63) is 108 Å². The maximum atomic E-state index is 13.4. The number of likely N-dealkylation sites (tertiary alicyclic amines) is 1. The highest BCUT2D eigenvalue weighted by Crippen LogP contribution is 2.45. The number of ketones is 1. The van der Waals surface area contributed by atoms with Crippen LogP contribution in [-0.4, -0.2) is 53.9 Å². The number of benzene rings is 3. The van der Waals surface area contributed by atoms with E-state index in [-0.39, 0.29) is 23.8 Å². The van der Waals surface area contributed by atoms with Crippen LogP contribution in [0.3, 0.4) is 0 Å². The molecule has 204 valence electrons. The van der Waals surface area contributed by atoms with Gasteiger partial charge in [-0.1, -0.05) is 91.0 Å². The largest absolute Gasteiger partial charge is 0.445 e. The predicted molar refractivity (Wildman–Crippen MR) is 155 cm³/mol. The van der Waals surface area contributed by atoms with Crippen LogP contribution in [-0.2, 0) is 11.3 Å². The fourth-order valence-electron chi connectivity index (χ4n) is 6.57. The summed E-state index contributed by atoms with van der Waals surface area (Å²) >= 11 is 0. The zero-order valence-electron chi connectivity index (χ0n) is 23.0. The van der Waals surface area contributed by atoms with Crippen molar-refractivity contribution in [1.29, 1.82) is 0 Å². The molecule has 1 heterocycles. The van der Waals surface area contributed by atoms with E-state index in [0.29, 0.717) is 25.0 Å². The van der Waals surface area contributed by atoms with Crippen LogP contribution >= 0.6 is 0 Å². The average Bonchev–Trinajstić information content (AvgIpc) is 3.42. The van der Waals surface area contributed by atoms with Gasteiger partial charge in [-0.2, -0.15) is 0 Å². The van der Waals surface area contributed by atoms with E-state index in [9.17, 15) is 9.59 Å². The smallest absolute Gasteiger partial charge is 0.410 e. The summed E-state index contributed by atoms with van der Waals surface area (Å²) < 4.78 is 5.64. The zero-order chi connectivity index (χ0) is 27.0. The molecular weight excluding hydrogens is 484 g/mol. The van der Waals surface area contributed by atoms with E-state index < -0.39 is 0 Å². The summed E-state index contributed by atoms with van der Waals surface area (Å²) in [7, 11) is 0. The molecule has 39 heavy (non-hydrogen) atoms. The Kier molecular flexibility index (Phi) is 9.10. The SMILES string of the molecule is CCN(C(=O)OCc1ccccc1)C1CCN(C[C@H]2CC(C(=O)c3ccccc3)C[C@@H]2c2ccccc2)CC1. The lowest BCUT2D eigenvalue weighted by Gasteiger charge is -2.39. The Morgan fingerprint density at radius 1 is 0.846 bits per heavy atom. The van der Waals surface area contributed by atoms with Crippen molar-refractivity contribution < 1.29 is 14.3 Å². The molecule has 1 aliphatic heterocycles. The van der Waals surface area contributed by atoms with Crippen LogP contribution in [0.25, 0.3) is 0 Å². The van der Waals surface area contributed by atoms with Crippen LogP contribution in [0, 0.1) is 11.8 Å². The maximum Gasteiger partial charge on any atom is 0.410 e. The highest BCUT2D eigenvalue weighted by atomic mass is 16.6. The van der Waals surface area contributed by atoms with E-state index in [2.05, 4.69) is 35.2 Å². The van der Waals surface area contributed by atoms with E-state index in [4.69, 9.17) is 4.74 Å². The molecule has 0 N–H and O–H groups in total. The first-order valence-electron chi connectivity index (χ1n) is 14.5. The van der Waals surface area contributed by atoms with Gasteiger partial charge >= 0.3 is 6.09 Å². The van der Waals surface area contributed by atoms with E-state index >= 15 is 0 Å².